The summed E-state index contributed by atoms with van der Waals surface area (Å²) in [5.41, 5.74) is 0.509. The van der Waals surface area contributed by atoms with Crippen molar-refractivity contribution in [2.24, 2.45) is 0 Å². The van der Waals surface area contributed by atoms with Gasteiger partial charge in [0.2, 0.25) is 11.7 Å². The Kier molecular flexibility index (Phi) is 5.38. The first-order chi connectivity index (χ1) is 12.8. The molecule has 0 aliphatic carbocycles. The van der Waals surface area contributed by atoms with E-state index >= 15 is 0 Å². The second kappa shape index (κ2) is 7.73. The Labute approximate surface area is 163 Å². The monoisotopic (exact) mass is 406 g/mol. The quantitative estimate of drug-likeness (QED) is 0.464. The third kappa shape index (κ3) is 4.24. The average Bonchev–Trinajstić information content (AvgIpc) is 3.10. The van der Waals surface area contributed by atoms with Gasteiger partial charge in [-0.05, 0) is 30.3 Å². The van der Waals surface area contributed by atoms with Crippen LogP contribution in [0.3, 0.4) is 0 Å². The van der Waals surface area contributed by atoms with E-state index in [1.807, 2.05) is 0 Å². The highest BCUT2D eigenvalue weighted by molar-refractivity contribution is 6.34. The second-order valence-corrected chi connectivity index (χ2v) is 6.44. The van der Waals surface area contributed by atoms with E-state index in [-0.39, 0.29) is 28.7 Å². The van der Waals surface area contributed by atoms with Gasteiger partial charge in [-0.2, -0.15) is 4.98 Å². The lowest BCUT2D eigenvalue weighted by molar-refractivity contribution is -0.384. The normalized spacial score (nSPS) is 10.6. The maximum absolute atomic E-state index is 12.6. The van der Waals surface area contributed by atoms with Gasteiger partial charge in [0.15, 0.2) is 0 Å². The Morgan fingerprint density at radius 1 is 1.22 bits per heavy atom. The van der Waals surface area contributed by atoms with Crippen molar-refractivity contribution < 1.29 is 14.2 Å². The molecule has 1 aromatic heterocycles. The molecule has 0 spiro atoms. The summed E-state index contributed by atoms with van der Waals surface area (Å²) in [7, 11) is 1.50. The van der Waals surface area contributed by atoms with Crippen LogP contribution in [0.4, 0.5) is 5.69 Å². The highest BCUT2D eigenvalue weighted by Crippen LogP contribution is 2.24. The molecular weight excluding hydrogens is 395 g/mol. The van der Waals surface area contributed by atoms with E-state index in [0.717, 1.165) is 6.07 Å². The van der Waals surface area contributed by atoms with Crippen molar-refractivity contribution in [3.05, 3.63) is 74.1 Å². The Hall–Kier alpha value is -2.97. The number of amides is 1. The summed E-state index contributed by atoms with van der Waals surface area (Å²) in [5.74, 6) is 0.0585. The third-order valence-corrected chi connectivity index (χ3v) is 4.26. The van der Waals surface area contributed by atoms with E-state index in [9.17, 15) is 14.9 Å². The number of aromatic nitrogens is 2. The minimum Gasteiger partial charge on any atom is -0.337 e. The van der Waals surface area contributed by atoms with Crippen LogP contribution in [0.25, 0.3) is 11.4 Å². The van der Waals surface area contributed by atoms with Crippen LogP contribution in [0.15, 0.2) is 47.0 Å². The second-order valence-electron chi connectivity index (χ2n) is 5.60. The zero-order valence-corrected chi connectivity index (χ0v) is 15.4. The number of carbonyl (C=O) groups excluding carboxylic acids is 1. The molecule has 0 aliphatic heterocycles. The van der Waals surface area contributed by atoms with Crippen molar-refractivity contribution in [1.82, 2.24) is 15.0 Å². The Morgan fingerprint density at radius 2 is 1.93 bits per heavy atom. The van der Waals surface area contributed by atoms with E-state index in [0.29, 0.717) is 16.4 Å². The van der Waals surface area contributed by atoms with E-state index < -0.39 is 10.8 Å². The van der Waals surface area contributed by atoms with Gasteiger partial charge < -0.3 is 9.42 Å². The lowest BCUT2D eigenvalue weighted by atomic mass is 10.1. The molecule has 10 heteroatoms. The van der Waals surface area contributed by atoms with Gasteiger partial charge in [-0.3, -0.25) is 14.9 Å². The summed E-state index contributed by atoms with van der Waals surface area (Å²) in [6, 6.07) is 10.6. The van der Waals surface area contributed by atoms with Crippen molar-refractivity contribution in [2.75, 3.05) is 7.05 Å². The number of nitro benzene ring substituents is 1. The van der Waals surface area contributed by atoms with Gasteiger partial charge in [0.05, 0.1) is 22.1 Å². The number of non-ortho nitro benzene ring substituents is 1. The first-order valence-corrected chi connectivity index (χ1v) is 8.38. The van der Waals surface area contributed by atoms with Gasteiger partial charge in [0.25, 0.3) is 11.6 Å². The van der Waals surface area contributed by atoms with E-state index in [1.54, 1.807) is 24.3 Å². The third-order valence-electron chi connectivity index (χ3n) is 3.68. The summed E-state index contributed by atoms with van der Waals surface area (Å²) in [6.45, 7) is 0.0123. The summed E-state index contributed by atoms with van der Waals surface area (Å²) < 4.78 is 5.17. The molecule has 2 aromatic carbocycles. The molecule has 0 bridgehead atoms. The summed E-state index contributed by atoms with van der Waals surface area (Å²) in [6.07, 6.45) is 0. The summed E-state index contributed by atoms with van der Waals surface area (Å²) in [4.78, 5) is 28.4. The van der Waals surface area contributed by atoms with E-state index in [4.69, 9.17) is 27.7 Å². The number of nitro groups is 1. The maximum Gasteiger partial charge on any atom is 0.270 e. The van der Waals surface area contributed by atoms with Crippen LogP contribution in [-0.4, -0.2) is 32.9 Å². The molecule has 0 saturated heterocycles. The number of hydrogen-bond donors (Lipinski definition) is 0. The molecular formula is C17H12Cl2N4O4. The number of halogens is 2. The fourth-order valence-corrected chi connectivity index (χ4v) is 2.63. The molecule has 3 rings (SSSR count). The zero-order chi connectivity index (χ0) is 19.6. The number of carbonyl (C=O) groups is 1. The van der Waals surface area contributed by atoms with Crippen LogP contribution < -0.4 is 0 Å². The highest BCUT2D eigenvalue weighted by Gasteiger charge is 2.21. The molecule has 0 radical (unpaired) electrons. The molecule has 1 heterocycles. The van der Waals surface area contributed by atoms with Crippen molar-refractivity contribution in [2.45, 2.75) is 6.54 Å². The SMILES string of the molecule is CN(Cc1nc(-c2ccc(Cl)cc2)no1)C(=O)c1cc([N+](=O)[O-])ccc1Cl. The predicted molar refractivity (Wildman–Crippen MR) is 98.6 cm³/mol. The summed E-state index contributed by atoms with van der Waals surface area (Å²) in [5, 5.41) is 15.5. The van der Waals surface area contributed by atoms with Crippen LogP contribution >= 0.6 is 23.2 Å². The number of rotatable bonds is 5. The topological polar surface area (TPSA) is 102 Å². The molecule has 138 valence electrons. The van der Waals surface area contributed by atoms with Crippen molar-refractivity contribution >= 4 is 34.8 Å². The number of hydrogen-bond acceptors (Lipinski definition) is 6. The van der Waals surface area contributed by atoms with Gasteiger partial charge in [0, 0.05) is 29.8 Å². The van der Waals surface area contributed by atoms with Crippen LogP contribution in [0.5, 0.6) is 0 Å². The molecule has 27 heavy (non-hydrogen) atoms. The van der Waals surface area contributed by atoms with Gasteiger partial charge in [0.1, 0.15) is 0 Å². The van der Waals surface area contributed by atoms with E-state index in [1.165, 1.54) is 24.1 Å². The standard InChI is InChI=1S/C17H12Cl2N4O4/c1-22(17(24)13-8-12(23(25)26)6-7-14(13)19)9-15-20-16(21-27-15)10-2-4-11(18)5-3-10/h2-8H,9H2,1H3. The van der Waals surface area contributed by atoms with Crippen molar-refractivity contribution in [1.29, 1.82) is 0 Å². The first-order valence-electron chi connectivity index (χ1n) is 7.63. The van der Waals surface area contributed by atoms with Crippen LogP contribution in [0.2, 0.25) is 10.0 Å². The Balaban J connectivity index is 1.77. The zero-order valence-electron chi connectivity index (χ0n) is 13.9. The molecule has 0 fully saturated rings. The molecule has 0 saturated carbocycles. The molecule has 1 amide bonds. The average molecular weight is 407 g/mol. The molecule has 0 unspecified atom stereocenters. The highest BCUT2D eigenvalue weighted by atomic mass is 35.5. The van der Waals surface area contributed by atoms with Gasteiger partial charge in [-0.25, -0.2) is 0 Å². The fraction of sp³-hybridized carbons (Fsp3) is 0.118. The molecule has 0 atom stereocenters. The lowest BCUT2D eigenvalue weighted by Crippen LogP contribution is -2.26. The minimum atomic E-state index is -0.594. The molecule has 3 aromatic rings. The number of nitrogens with zero attached hydrogens (tertiary/aromatic N) is 4. The van der Waals surface area contributed by atoms with Crippen LogP contribution in [0, 0.1) is 10.1 Å². The van der Waals surface area contributed by atoms with Crippen molar-refractivity contribution in [3.8, 4) is 11.4 Å². The van der Waals surface area contributed by atoms with Crippen molar-refractivity contribution in [3.63, 3.8) is 0 Å². The molecule has 8 nitrogen and oxygen atoms in total. The van der Waals surface area contributed by atoms with Gasteiger partial charge in [-0.15, -0.1) is 0 Å². The van der Waals surface area contributed by atoms with Crippen LogP contribution in [0.1, 0.15) is 16.2 Å². The summed E-state index contributed by atoms with van der Waals surface area (Å²) >= 11 is 11.9. The Morgan fingerprint density at radius 3 is 2.59 bits per heavy atom. The predicted octanol–water partition coefficient (Wildman–Crippen LogP) is 4.22. The maximum atomic E-state index is 12.6. The number of benzene rings is 2. The Bertz CT molecular complexity index is 1000. The minimum absolute atomic E-state index is 0.0123. The fourth-order valence-electron chi connectivity index (χ4n) is 2.31. The largest absolute Gasteiger partial charge is 0.337 e. The van der Waals surface area contributed by atoms with E-state index in [2.05, 4.69) is 10.1 Å². The smallest absolute Gasteiger partial charge is 0.270 e. The molecule has 0 aliphatic rings. The van der Waals surface area contributed by atoms with Gasteiger partial charge >= 0.3 is 0 Å². The first kappa shape index (κ1) is 18.8. The lowest BCUT2D eigenvalue weighted by Gasteiger charge is -2.15. The van der Waals surface area contributed by atoms with Gasteiger partial charge in [-0.1, -0.05) is 28.4 Å². The van der Waals surface area contributed by atoms with Crippen LogP contribution in [-0.2, 0) is 6.54 Å². The molecule has 0 N–H and O–H groups in total.